The highest BCUT2D eigenvalue weighted by Gasteiger charge is 2.44. The molecule has 67 heavy (non-hydrogen) atoms. The summed E-state index contributed by atoms with van der Waals surface area (Å²) in [5.74, 6) is -6.50. The number of aromatic hydroxyl groups is 1. The van der Waals surface area contributed by atoms with E-state index in [1.165, 1.54) is 59.3 Å². The molecule has 0 aliphatic carbocycles. The van der Waals surface area contributed by atoms with E-state index in [0.717, 1.165) is 12.8 Å². The fraction of sp³-hybridized carbons (Fsp3) is 0.460. The second-order valence-electron chi connectivity index (χ2n) is 18.3. The Morgan fingerprint density at radius 1 is 0.985 bits per heavy atom. The summed E-state index contributed by atoms with van der Waals surface area (Å²) in [6, 6.07) is 3.53. The van der Waals surface area contributed by atoms with Crippen molar-refractivity contribution in [1.82, 2.24) is 9.88 Å². The van der Waals surface area contributed by atoms with E-state index in [2.05, 4.69) is 15.1 Å². The number of aliphatic hydroxyl groups excluding tert-OH is 3. The van der Waals surface area contributed by atoms with Crippen molar-refractivity contribution in [3.05, 3.63) is 90.8 Å². The number of hydrogen-bond donors (Lipinski definition) is 5. The lowest BCUT2D eigenvalue weighted by Crippen LogP contribution is -2.42. The molecule has 1 aromatic heterocycles. The van der Waals surface area contributed by atoms with Gasteiger partial charge in [-0.25, -0.2) is 4.98 Å². The van der Waals surface area contributed by atoms with Crippen molar-refractivity contribution in [3.63, 3.8) is 0 Å². The van der Waals surface area contributed by atoms with E-state index >= 15 is 0 Å². The summed E-state index contributed by atoms with van der Waals surface area (Å²) in [7, 11) is 5.48. The Morgan fingerprint density at radius 2 is 1.67 bits per heavy atom. The number of carbonyl (C=O) groups is 2. The number of hydrogen-bond acceptors (Lipinski definition) is 16. The van der Waals surface area contributed by atoms with Gasteiger partial charge in [0.2, 0.25) is 10.9 Å². The van der Waals surface area contributed by atoms with Gasteiger partial charge in [-0.1, -0.05) is 39.0 Å². The first-order valence-corrected chi connectivity index (χ1v) is 22.4. The number of esters is 1. The van der Waals surface area contributed by atoms with Gasteiger partial charge in [-0.15, -0.1) is 0 Å². The van der Waals surface area contributed by atoms with E-state index in [1.807, 2.05) is 14.1 Å². The Bertz CT molecular complexity index is 2970. The number of rotatable bonds is 4. The number of methoxy groups -OCH3 is 1. The van der Waals surface area contributed by atoms with Crippen LogP contribution < -0.4 is 31.0 Å². The van der Waals surface area contributed by atoms with Crippen LogP contribution in [-0.2, 0) is 23.8 Å². The summed E-state index contributed by atoms with van der Waals surface area (Å²) >= 11 is 0. The fourth-order valence-corrected chi connectivity index (χ4v) is 9.32. The largest absolute Gasteiger partial charge is 0.507 e. The fourth-order valence-electron chi connectivity index (χ4n) is 9.32. The first-order valence-electron chi connectivity index (χ1n) is 22.4. The summed E-state index contributed by atoms with van der Waals surface area (Å²) in [4.78, 5) is 64.4. The molecule has 1 amide bonds. The van der Waals surface area contributed by atoms with Gasteiger partial charge in [0.15, 0.2) is 22.4 Å². The van der Waals surface area contributed by atoms with E-state index in [9.17, 15) is 39.6 Å². The number of nitrogens with one attached hydrogen (secondary N) is 1. The highest BCUT2D eigenvalue weighted by molar-refractivity contribution is 6.16. The summed E-state index contributed by atoms with van der Waals surface area (Å²) in [6.07, 6.45) is 5.89. The van der Waals surface area contributed by atoms with Crippen LogP contribution in [0, 0.1) is 24.7 Å². The molecule has 4 aromatic rings. The average Bonchev–Trinajstić information content (AvgIpc) is 3.56. The molecule has 1 fully saturated rings. The Labute approximate surface area is 387 Å². The maximum absolute atomic E-state index is 14.9. The third kappa shape index (κ3) is 8.88. The van der Waals surface area contributed by atoms with Crippen LogP contribution in [0.3, 0.4) is 0 Å². The van der Waals surface area contributed by atoms with E-state index < -0.39 is 76.1 Å². The van der Waals surface area contributed by atoms with Crippen molar-refractivity contribution >= 4 is 62.0 Å². The van der Waals surface area contributed by atoms with E-state index in [4.69, 9.17) is 28.3 Å². The van der Waals surface area contributed by atoms with Crippen LogP contribution in [0.1, 0.15) is 66.9 Å². The summed E-state index contributed by atoms with van der Waals surface area (Å²) in [6.45, 7) is 13.7. The van der Waals surface area contributed by atoms with Gasteiger partial charge < -0.3 is 58.9 Å². The summed E-state index contributed by atoms with van der Waals surface area (Å²) in [5.41, 5.74) is -1.01. The molecule has 17 heteroatoms. The maximum Gasteiger partial charge on any atom is 0.307 e. The highest BCUT2D eigenvalue weighted by atomic mass is 16.7. The Balaban J connectivity index is 1.49. The van der Waals surface area contributed by atoms with Crippen LogP contribution in [0.4, 0.5) is 11.4 Å². The molecule has 0 radical (unpaired) electrons. The SMILES string of the molecule is CO[C@H]1/C=C\O[C@@]2(C)Oc3c(C)c(O)c4c(=O)c(c5oc6cc(N7CCC(N(C)C)CC7)cc(=O)c6nc5c4c3=C2O)NC(=O)/C(C)=C\C=C/[C@H](C)[C@H](O)[C@@H](C)[C@@H](O)[C@@H](C)/C(OC(C)=O)=C\1C. The van der Waals surface area contributed by atoms with Crippen LogP contribution in [0.2, 0.25) is 0 Å². The molecule has 358 valence electrons. The standard InChI is InChI=1S/C50H60N4O13/c1-23-13-12-14-24(2)49(62)52-40-44(60)36-35(39-47(40)66-34-22-31(21-32(56)38(34)51-39)54-18-15-30(16-19-54)53(9)10)37-46(28(6)43(36)59)67-50(8,48(37)61)64-20-17-33(63-11)25(3)45(65-29(7)55)27(5)42(58)26(4)41(23)57/h12-14,17,20-23,26-27,30,33,41-42,57-59,61H,15-16,18-19H2,1-11H3,(H,52,62)/b13-12-,20-17-,24-14-,45-25+/t23-,26+,27+,33-,41-,42+,50-/m0/s1. The number of piperidine rings is 1. The second-order valence-corrected chi connectivity index (χ2v) is 18.3. The molecule has 1 saturated heterocycles. The molecular weight excluding hydrogens is 865 g/mol. The number of fused-ring (bicyclic) bond motifs is 2. The van der Waals surface area contributed by atoms with Gasteiger partial charge >= 0.3 is 11.8 Å². The number of ether oxygens (including phenoxy) is 4. The number of phenolic OH excluding ortho intramolecular Hbond substituents is 1. The summed E-state index contributed by atoms with van der Waals surface area (Å²) < 4.78 is 30.3. The lowest BCUT2D eigenvalue weighted by Gasteiger charge is -2.36. The number of phenols is 1. The van der Waals surface area contributed by atoms with Crippen LogP contribution in [0.15, 0.2) is 73.6 Å². The Morgan fingerprint density at radius 3 is 2.31 bits per heavy atom. The average molecular weight is 925 g/mol. The number of nitrogens with zero attached hydrogens (tertiary/aromatic N) is 3. The normalized spacial score (nSPS) is 28.7. The van der Waals surface area contributed by atoms with Gasteiger partial charge in [0.1, 0.15) is 34.6 Å². The van der Waals surface area contributed by atoms with E-state index in [0.29, 0.717) is 30.4 Å². The van der Waals surface area contributed by atoms with Gasteiger partial charge in [-0.05, 0) is 59.4 Å². The number of benzene rings is 3. The van der Waals surface area contributed by atoms with Crippen molar-refractivity contribution in [2.45, 2.75) is 98.4 Å². The minimum absolute atomic E-state index is 0.0354. The number of anilines is 2. The molecule has 3 aliphatic rings. The molecule has 4 bridgehead atoms. The maximum atomic E-state index is 14.9. The predicted octanol–water partition coefficient (Wildman–Crippen LogP) is 5.36. The topological polar surface area (TPSA) is 231 Å². The van der Waals surface area contributed by atoms with Crippen LogP contribution in [0.5, 0.6) is 11.5 Å². The van der Waals surface area contributed by atoms with Crippen molar-refractivity contribution in [2.75, 3.05) is 44.5 Å². The van der Waals surface area contributed by atoms with Crippen molar-refractivity contribution in [3.8, 4) is 11.5 Å². The molecule has 3 aromatic carbocycles. The van der Waals surface area contributed by atoms with E-state index in [1.54, 1.807) is 45.9 Å². The third-order valence-electron chi connectivity index (χ3n) is 13.5. The van der Waals surface area contributed by atoms with E-state index in [-0.39, 0.29) is 66.5 Å². The number of aliphatic hydroxyl groups is 3. The molecule has 0 saturated carbocycles. The zero-order valence-electron chi connectivity index (χ0n) is 39.7. The Kier molecular flexibility index (Phi) is 13.6. The first kappa shape index (κ1) is 48.7. The molecule has 0 spiro atoms. The number of aromatic nitrogens is 1. The van der Waals surface area contributed by atoms with Crippen LogP contribution in [0.25, 0.3) is 38.7 Å². The lowest BCUT2D eigenvalue weighted by molar-refractivity contribution is -0.138. The monoisotopic (exact) mass is 924 g/mol. The molecule has 3 aliphatic heterocycles. The van der Waals surface area contributed by atoms with Gasteiger partial charge in [-0.3, -0.25) is 19.2 Å². The smallest absolute Gasteiger partial charge is 0.307 e. The first-order chi connectivity index (χ1) is 31.6. The number of amides is 1. The zero-order valence-corrected chi connectivity index (χ0v) is 39.7. The Hall–Kier alpha value is -6.27. The molecule has 5 N–H and O–H groups in total. The highest BCUT2D eigenvalue weighted by Crippen LogP contribution is 2.42. The molecule has 17 nitrogen and oxygen atoms in total. The minimum atomic E-state index is -2.00. The predicted molar refractivity (Wildman–Crippen MR) is 254 cm³/mol. The van der Waals surface area contributed by atoms with Crippen LogP contribution in [-0.4, -0.2) is 107 Å². The number of carbonyl (C=O) groups excluding carboxylic acids is 2. The van der Waals surface area contributed by atoms with Gasteiger partial charge in [0.25, 0.3) is 5.91 Å². The molecule has 7 rings (SSSR count). The minimum Gasteiger partial charge on any atom is -0.507 e. The molecule has 7 atom stereocenters. The quantitative estimate of drug-likeness (QED) is 0.0986. The third-order valence-corrected chi connectivity index (χ3v) is 13.5. The number of allylic oxidation sites excluding steroid dienone is 2. The molecule has 0 unspecified atom stereocenters. The van der Waals surface area contributed by atoms with Crippen molar-refractivity contribution in [1.29, 1.82) is 0 Å². The van der Waals surface area contributed by atoms with Crippen LogP contribution >= 0.6 is 0 Å². The van der Waals surface area contributed by atoms with Crippen molar-refractivity contribution < 1.29 is 53.4 Å². The second kappa shape index (κ2) is 18.8. The summed E-state index contributed by atoms with van der Waals surface area (Å²) in [5, 5.41) is 49.2. The lowest BCUT2D eigenvalue weighted by atomic mass is 9.82. The molecular formula is C50H60N4O13. The van der Waals surface area contributed by atoms with Gasteiger partial charge in [-0.2, -0.15) is 0 Å². The van der Waals surface area contributed by atoms with Gasteiger partial charge in [0, 0.05) is 92.2 Å². The molecule has 4 heterocycles. The zero-order chi connectivity index (χ0) is 49.0. The van der Waals surface area contributed by atoms with Crippen molar-refractivity contribution in [2.24, 2.45) is 17.8 Å². The van der Waals surface area contributed by atoms with Gasteiger partial charge in [0.05, 0.1) is 29.1 Å².